The number of aryl methyl sites for hydroxylation is 1. The first-order valence-electron chi connectivity index (χ1n) is 12.9. The number of aliphatic hydroxyl groups excluding tert-OH is 1. The van der Waals surface area contributed by atoms with Gasteiger partial charge < -0.3 is 14.6 Å². The molecule has 0 spiro atoms. The van der Waals surface area contributed by atoms with Crippen molar-refractivity contribution in [3.05, 3.63) is 79.4 Å². The van der Waals surface area contributed by atoms with Crippen molar-refractivity contribution in [1.82, 2.24) is 18.7 Å². The third kappa shape index (κ3) is 5.83. The van der Waals surface area contributed by atoms with Gasteiger partial charge in [0.25, 0.3) is 5.56 Å². The van der Waals surface area contributed by atoms with E-state index in [0.717, 1.165) is 22.6 Å². The van der Waals surface area contributed by atoms with Crippen LogP contribution in [0.4, 0.5) is 13.2 Å². The molecule has 9 nitrogen and oxygen atoms in total. The molecule has 0 aliphatic heterocycles. The molecule has 40 heavy (non-hydrogen) atoms. The number of allylic oxidation sites excluding steroid dienone is 3. The zero-order valence-corrected chi connectivity index (χ0v) is 22.6. The van der Waals surface area contributed by atoms with Crippen LogP contribution in [0.25, 0.3) is 11.2 Å². The number of halogens is 4. The highest BCUT2D eigenvalue weighted by molar-refractivity contribution is 6.30. The molecular formula is C27H28ClF3N4O5. The van der Waals surface area contributed by atoms with Crippen molar-refractivity contribution >= 4 is 22.8 Å². The minimum Gasteiger partial charge on any atom is -0.426 e. The van der Waals surface area contributed by atoms with Crippen molar-refractivity contribution in [3.8, 4) is 6.01 Å². The minimum absolute atomic E-state index is 0.0276. The fourth-order valence-electron chi connectivity index (χ4n) is 5.29. The zero-order valence-electron chi connectivity index (χ0n) is 21.8. The van der Waals surface area contributed by atoms with Gasteiger partial charge in [0.05, 0.1) is 12.6 Å². The Kier molecular flexibility index (Phi) is 7.58. The van der Waals surface area contributed by atoms with Crippen LogP contribution in [-0.2, 0) is 24.9 Å². The molecule has 3 unspecified atom stereocenters. The topological polar surface area (TPSA) is 101 Å². The number of rotatable bonds is 7. The number of aromatic nitrogens is 4. The number of ether oxygens (including phenoxy) is 2. The molecule has 1 aromatic carbocycles. The van der Waals surface area contributed by atoms with Gasteiger partial charge >= 0.3 is 18.1 Å². The Bertz CT molecular complexity index is 1600. The molecule has 5 rings (SSSR count). The maximum atomic E-state index is 13.8. The second-order valence-corrected chi connectivity index (χ2v) is 10.7. The van der Waals surface area contributed by atoms with Crippen LogP contribution in [0.5, 0.6) is 6.01 Å². The fraction of sp³-hybridized carbons (Fsp3) is 0.444. The van der Waals surface area contributed by atoms with Crippen LogP contribution in [0.3, 0.4) is 0 Å². The fourth-order valence-corrected chi connectivity index (χ4v) is 5.41. The number of hydrogen-bond donors (Lipinski definition) is 1. The van der Waals surface area contributed by atoms with E-state index in [9.17, 15) is 27.9 Å². The van der Waals surface area contributed by atoms with Crippen LogP contribution in [0.2, 0.25) is 5.02 Å². The van der Waals surface area contributed by atoms with Gasteiger partial charge in [0, 0.05) is 37.0 Å². The van der Waals surface area contributed by atoms with Crippen molar-refractivity contribution in [2.45, 2.75) is 58.2 Å². The van der Waals surface area contributed by atoms with E-state index in [-0.39, 0.29) is 60.0 Å². The highest BCUT2D eigenvalue weighted by Gasteiger charge is 2.34. The van der Waals surface area contributed by atoms with E-state index in [1.54, 1.807) is 37.3 Å². The molecule has 1 fully saturated rings. The summed E-state index contributed by atoms with van der Waals surface area (Å²) in [7, 11) is 1.48. The van der Waals surface area contributed by atoms with E-state index < -0.39 is 23.7 Å². The third-order valence-electron chi connectivity index (χ3n) is 7.22. The second-order valence-electron chi connectivity index (χ2n) is 10.3. The molecule has 2 aliphatic rings. The largest absolute Gasteiger partial charge is 0.572 e. The van der Waals surface area contributed by atoms with Gasteiger partial charge in [0.15, 0.2) is 11.2 Å². The smallest absolute Gasteiger partial charge is 0.426 e. The summed E-state index contributed by atoms with van der Waals surface area (Å²) in [5.74, 6) is -0.823. The lowest BCUT2D eigenvalue weighted by molar-refractivity contribution is -0.306. The lowest BCUT2D eigenvalue weighted by Gasteiger charge is -2.20. The number of nitrogens with zero attached hydrogens (tertiary/aromatic N) is 4. The molecule has 13 heteroatoms. The summed E-state index contributed by atoms with van der Waals surface area (Å²) in [6.07, 6.45) is -0.566. The first-order chi connectivity index (χ1) is 18.9. The van der Waals surface area contributed by atoms with Gasteiger partial charge in [-0.1, -0.05) is 37.1 Å². The maximum Gasteiger partial charge on any atom is 0.572 e. The number of benzene rings is 1. The maximum absolute atomic E-state index is 13.8. The van der Waals surface area contributed by atoms with Crippen LogP contribution < -0.4 is 16.0 Å². The van der Waals surface area contributed by atoms with Crippen LogP contribution in [-0.4, -0.2) is 36.3 Å². The van der Waals surface area contributed by atoms with E-state index in [4.69, 9.17) is 16.3 Å². The predicted octanol–water partition coefficient (Wildman–Crippen LogP) is 4.48. The SMILES string of the molecule is CC1C=C(Oc2nc3c(c(=O)n(CC4CCCC4O)c(=O)n3C)n2Cc2ccc(Cl)cc2)C=C(OC(F)(F)F)C1. The van der Waals surface area contributed by atoms with E-state index in [2.05, 4.69) is 9.72 Å². The molecule has 0 bridgehead atoms. The molecular weight excluding hydrogens is 553 g/mol. The summed E-state index contributed by atoms with van der Waals surface area (Å²) in [6, 6.07) is 6.79. The van der Waals surface area contributed by atoms with Crippen molar-refractivity contribution in [3.63, 3.8) is 0 Å². The molecule has 214 valence electrons. The predicted molar refractivity (Wildman–Crippen MR) is 141 cm³/mol. The molecule has 1 saturated carbocycles. The molecule has 2 heterocycles. The Morgan fingerprint density at radius 3 is 2.52 bits per heavy atom. The van der Waals surface area contributed by atoms with Crippen LogP contribution >= 0.6 is 11.6 Å². The number of aliphatic hydroxyl groups is 1. The summed E-state index contributed by atoms with van der Waals surface area (Å²) in [5, 5.41) is 10.8. The normalized spacial score (nSPS) is 21.4. The first-order valence-corrected chi connectivity index (χ1v) is 13.3. The zero-order chi connectivity index (χ0) is 28.8. The molecule has 0 radical (unpaired) electrons. The summed E-state index contributed by atoms with van der Waals surface area (Å²) >= 11 is 6.04. The van der Waals surface area contributed by atoms with Gasteiger partial charge in [-0.15, -0.1) is 13.2 Å². The van der Waals surface area contributed by atoms with E-state index in [1.807, 2.05) is 0 Å². The Morgan fingerprint density at radius 1 is 1.15 bits per heavy atom. The van der Waals surface area contributed by atoms with Crippen molar-refractivity contribution < 1.29 is 27.8 Å². The lowest BCUT2D eigenvalue weighted by Crippen LogP contribution is -2.42. The van der Waals surface area contributed by atoms with Crippen molar-refractivity contribution in [1.29, 1.82) is 0 Å². The number of alkyl halides is 3. The summed E-state index contributed by atoms with van der Waals surface area (Å²) < 4.78 is 52.6. The van der Waals surface area contributed by atoms with Crippen LogP contribution in [0.15, 0.2) is 57.5 Å². The standard InChI is InChI=1S/C27H28ClF3N4O5/c1-15-10-19(12-20(11-15)40-27(29,30)31)39-25-32-23-22(34(25)13-16-6-8-18(28)9-7-16)24(37)35(26(38)33(23)2)14-17-4-3-5-21(17)36/h6-10,12,15,17,21,36H,3-5,11,13-14H2,1-2H3. The van der Waals surface area contributed by atoms with Gasteiger partial charge in [-0.25, -0.2) is 4.79 Å². The molecule has 0 saturated heterocycles. The monoisotopic (exact) mass is 580 g/mol. The molecule has 2 aromatic heterocycles. The second kappa shape index (κ2) is 10.8. The van der Waals surface area contributed by atoms with Gasteiger partial charge in [-0.3, -0.25) is 18.5 Å². The summed E-state index contributed by atoms with van der Waals surface area (Å²) in [6.45, 7) is 1.86. The number of fused-ring (bicyclic) bond motifs is 1. The first kappa shape index (κ1) is 28.0. The summed E-state index contributed by atoms with van der Waals surface area (Å²) in [4.78, 5) is 31.4. The Hall–Kier alpha value is -3.51. The number of imidazole rings is 1. The number of hydrogen-bond acceptors (Lipinski definition) is 6. The average molecular weight is 581 g/mol. The Balaban J connectivity index is 1.63. The highest BCUT2D eigenvalue weighted by atomic mass is 35.5. The van der Waals surface area contributed by atoms with Crippen molar-refractivity contribution in [2.75, 3.05) is 0 Å². The van der Waals surface area contributed by atoms with Crippen molar-refractivity contribution in [2.24, 2.45) is 18.9 Å². The Morgan fingerprint density at radius 2 is 1.88 bits per heavy atom. The van der Waals surface area contributed by atoms with Gasteiger partial charge in [-0.2, -0.15) is 4.98 Å². The third-order valence-corrected chi connectivity index (χ3v) is 7.47. The van der Waals surface area contributed by atoms with E-state index in [0.29, 0.717) is 17.9 Å². The van der Waals surface area contributed by atoms with E-state index in [1.165, 1.54) is 16.2 Å². The molecule has 2 aliphatic carbocycles. The Labute approximate surface area is 231 Å². The molecule has 3 aromatic rings. The van der Waals surface area contributed by atoms with Crippen LogP contribution in [0.1, 0.15) is 38.2 Å². The van der Waals surface area contributed by atoms with E-state index >= 15 is 0 Å². The summed E-state index contributed by atoms with van der Waals surface area (Å²) in [5.41, 5.74) is -0.314. The molecule has 1 N–H and O–H groups in total. The minimum atomic E-state index is -4.86. The molecule has 0 amide bonds. The molecule has 3 atom stereocenters. The van der Waals surface area contributed by atoms with Gasteiger partial charge in [0.2, 0.25) is 0 Å². The highest BCUT2D eigenvalue weighted by Crippen LogP contribution is 2.31. The quantitative estimate of drug-likeness (QED) is 0.442. The van der Waals surface area contributed by atoms with Gasteiger partial charge in [-0.05, 0) is 42.5 Å². The van der Waals surface area contributed by atoms with Crippen LogP contribution in [0, 0.1) is 11.8 Å². The lowest BCUT2D eigenvalue weighted by atomic mass is 10.0. The average Bonchev–Trinajstić information content (AvgIpc) is 3.43. The van der Waals surface area contributed by atoms with Gasteiger partial charge in [0.1, 0.15) is 11.5 Å².